The van der Waals surface area contributed by atoms with E-state index in [1.807, 2.05) is 6.92 Å². The molecule has 0 spiro atoms. The van der Waals surface area contributed by atoms with E-state index in [2.05, 4.69) is 33.0 Å². The SMILES string of the molecule is CC(C)CC(C)N(C)S(=O)(=O)CCCNC(C)C. The molecule has 1 unspecified atom stereocenters. The predicted molar refractivity (Wildman–Crippen MR) is 78.2 cm³/mol. The van der Waals surface area contributed by atoms with Gasteiger partial charge in [-0.15, -0.1) is 0 Å². The van der Waals surface area contributed by atoms with Gasteiger partial charge in [0.1, 0.15) is 0 Å². The van der Waals surface area contributed by atoms with Gasteiger partial charge in [-0.3, -0.25) is 0 Å². The van der Waals surface area contributed by atoms with Crippen molar-refractivity contribution in [1.82, 2.24) is 9.62 Å². The van der Waals surface area contributed by atoms with E-state index in [1.165, 1.54) is 4.31 Å². The van der Waals surface area contributed by atoms with Gasteiger partial charge in [0.15, 0.2) is 0 Å². The molecule has 1 atom stereocenters. The van der Waals surface area contributed by atoms with E-state index in [1.54, 1.807) is 7.05 Å². The first kappa shape index (κ1) is 17.9. The van der Waals surface area contributed by atoms with Crippen molar-refractivity contribution in [2.45, 2.75) is 59.5 Å². The molecule has 0 aliphatic heterocycles. The number of rotatable bonds is 9. The maximum atomic E-state index is 12.1. The topological polar surface area (TPSA) is 49.4 Å². The molecule has 0 aromatic carbocycles. The van der Waals surface area contributed by atoms with Crippen LogP contribution in [0.25, 0.3) is 0 Å². The molecule has 4 nitrogen and oxygen atoms in total. The molecule has 0 aromatic heterocycles. The fraction of sp³-hybridized carbons (Fsp3) is 1.00. The Bertz CT molecular complexity index is 313. The van der Waals surface area contributed by atoms with Gasteiger partial charge in [-0.1, -0.05) is 27.7 Å². The Morgan fingerprint density at radius 2 is 1.67 bits per heavy atom. The lowest BCUT2D eigenvalue weighted by atomic mass is 10.1. The smallest absolute Gasteiger partial charge is 0.214 e. The summed E-state index contributed by atoms with van der Waals surface area (Å²) in [5, 5.41) is 3.24. The van der Waals surface area contributed by atoms with E-state index in [9.17, 15) is 8.42 Å². The predicted octanol–water partition coefficient (Wildman–Crippen LogP) is 2.07. The molecule has 0 heterocycles. The Morgan fingerprint density at radius 3 is 2.11 bits per heavy atom. The highest BCUT2D eigenvalue weighted by molar-refractivity contribution is 7.89. The van der Waals surface area contributed by atoms with Crippen molar-refractivity contribution < 1.29 is 8.42 Å². The molecule has 0 rings (SSSR count). The van der Waals surface area contributed by atoms with E-state index in [4.69, 9.17) is 0 Å². The Hall–Kier alpha value is -0.130. The Labute approximate surface area is 113 Å². The summed E-state index contributed by atoms with van der Waals surface area (Å²) in [5.74, 6) is 0.742. The Kier molecular flexibility index (Phi) is 8.06. The zero-order chi connectivity index (χ0) is 14.3. The van der Waals surface area contributed by atoms with Crippen molar-refractivity contribution >= 4 is 10.0 Å². The lowest BCUT2D eigenvalue weighted by molar-refractivity contribution is 0.337. The molecule has 0 aliphatic carbocycles. The summed E-state index contributed by atoms with van der Waals surface area (Å²) in [7, 11) is -1.42. The number of nitrogens with one attached hydrogen (secondary N) is 1. The first-order chi connectivity index (χ1) is 8.16. The van der Waals surface area contributed by atoms with E-state index in [0.717, 1.165) is 13.0 Å². The number of sulfonamides is 1. The minimum absolute atomic E-state index is 0.0769. The quantitative estimate of drug-likeness (QED) is 0.657. The van der Waals surface area contributed by atoms with Crippen LogP contribution in [0.2, 0.25) is 0 Å². The van der Waals surface area contributed by atoms with Crippen LogP contribution in [0.3, 0.4) is 0 Å². The monoisotopic (exact) mass is 278 g/mol. The zero-order valence-electron chi connectivity index (χ0n) is 12.7. The van der Waals surface area contributed by atoms with Gasteiger partial charge in [-0.25, -0.2) is 12.7 Å². The molecule has 0 radical (unpaired) electrons. The van der Waals surface area contributed by atoms with Crippen molar-refractivity contribution in [3.8, 4) is 0 Å². The van der Waals surface area contributed by atoms with Crippen molar-refractivity contribution in [3.05, 3.63) is 0 Å². The molecule has 18 heavy (non-hydrogen) atoms. The molecule has 1 N–H and O–H groups in total. The van der Waals surface area contributed by atoms with Crippen LogP contribution in [0.15, 0.2) is 0 Å². The van der Waals surface area contributed by atoms with Crippen LogP contribution < -0.4 is 5.32 Å². The molecule has 0 aliphatic rings. The van der Waals surface area contributed by atoms with Gasteiger partial charge in [0, 0.05) is 19.1 Å². The molecule has 0 fully saturated rings. The van der Waals surface area contributed by atoms with Crippen LogP contribution in [0.1, 0.15) is 47.5 Å². The molecule has 0 saturated heterocycles. The lowest BCUT2D eigenvalue weighted by Crippen LogP contribution is -2.38. The van der Waals surface area contributed by atoms with Gasteiger partial charge in [-0.05, 0) is 32.2 Å². The van der Waals surface area contributed by atoms with Crippen LogP contribution in [-0.2, 0) is 10.0 Å². The van der Waals surface area contributed by atoms with Gasteiger partial charge in [0.05, 0.1) is 5.75 Å². The first-order valence-corrected chi connectivity index (χ1v) is 8.46. The molecule has 0 bridgehead atoms. The van der Waals surface area contributed by atoms with Crippen LogP contribution in [0.4, 0.5) is 0 Å². The Morgan fingerprint density at radius 1 is 1.11 bits per heavy atom. The summed E-state index contributed by atoms with van der Waals surface area (Å²) < 4.78 is 25.7. The molecule has 0 saturated carbocycles. The minimum Gasteiger partial charge on any atom is -0.314 e. The highest BCUT2D eigenvalue weighted by Crippen LogP contribution is 2.13. The normalized spacial score (nSPS) is 14.7. The van der Waals surface area contributed by atoms with Crippen molar-refractivity contribution in [2.24, 2.45) is 5.92 Å². The third kappa shape index (κ3) is 7.34. The second-order valence-corrected chi connectivity index (χ2v) is 7.92. The summed E-state index contributed by atoms with van der Waals surface area (Å²) in [4.78, 5) is 0. The summed E-state index contributed by atoms with van der Waals surface area (Å²) in [6, 6.07) is 0.485. The van der Waals surface area contributed by atoms with Crippen LogP contribution in [0, 0.1) is 5.92 Å². The number of nitrogens with zero attached hydrogens (tertiary/aromatic N) is 1. The molecular formula is C13H30N2O2S. The summed E-state index contributed by atoms with van der Waals surface area (Å²) in [5.41, 5.74) is 0. The van der Waals surface area contributed by atoms with Crippen LogP contribution >= 0.6 is 0 Å². The lowest BCUT2D eigenvalue weighted by Gasteiger charge is -2.25. The highest BCUT2D eigenvalue weighted by atomic mass is 32.2. The maximum Gasteiger partial charge on any atom is 0.214 e. The van der Waals surface area contributed by atoms with Crippen molar-refractivity contribution in [3.63, 3.8) is 0 Å². The van der Waals surface area contributed by atoms with Gasteiger partial charge in [-0.2, -0.15) is 0 Å². The Balaban J connectivity index is 4.19. The molecular weight excluding hydrogens is 248 g/mol. The summed E-state index contributed by atoms with van der Waals surface area (Å²) >= 11 is 0. The first-order valence-electron chi connectivity index (χ1n) is 6.86. The van der Waals surface area contributed by atoms with Gasteiger partial charge in [0.2, 0.25) is 10.0 Å². The van der Waals surface area contributed by atoms with Crippen LogP contribution in [-0.4, -0.2) is 44.2 Å². The molecule has 0 amide bonds. The van der Waals surface area contributed by atoms with E-state index >= 15 is 0 Å². The van der Waals surface area contributed by atoms with Gasteiger partial charge >= 0.3 is 0 Å². The van der Waals surface area contributed by atoms with E-state index in [-0.39, 0.29) is 11.8 Å². The average Bonchev–Trinajstić information content (AvgIpc) is 2.22. The zero-order valence-corrected chi connectivity index (χ0v) is 13.5. The van der Waals surface area contributed by atoms with Gasteiger partial charge in [0.25, 0.3) is 0 Å². The second-order valence-electron chi connectivity index (χ2n) is 5.77. The van der Waals surface area contributed by atoms with Crippen molar-refractivity contribution in [1.29, 1.82) is 0 Å². The molecule has 110 valence electrons. The summed E-state index contributed by atoms with van der Waals surface area (Å²) in [6.45, 7) is 11.1. The third-order valence-corrected chi connectivity index (χ3v) is 5.05. The highest BCUT2D eigenvalue weighted by Gasteiger charge is 2.23. The van der Waals surface area contributed by atoms with Crippen molar-refractivity contribution in [2.75, 3.05) is 19.3 Å². The number of hydrogen-bond acceptors (Lipinski definition) is 3. The largest absolute Gasteiger partial charge is 0.314 e. The second kappa shape index (κ2) is 8.12. The molecule has 0 aromatic rings. The fourth-order valence-electron chi connectivity index (χ4n) is 1.89. The maximum absolute atomic E-state index is 12.1. The molecule has 5 heteroatoms. The fourth-order valence-corrected chi connectivity index (χ4v) is 3.33. The minimum atomic E-state index is -3.11. The average molecular weight is 278 g/mol. The third-order valence-electron chi connectivity index (χ3n) is 3.00. The standard InChI is InChI=1S/C13H30N2O2S/c1-11(2)10-13(5)15(6)18(16,17)9-7-8-14-12(3)4/h11-14H,7-10H2,1-6H3. The van der Waals surface area contributed by atoms with Gasteiger partial charge < -0.3 is 5.32 Å². The van der Waals surface area contributed by atoms with E-state index < -0.39 is 10.0 Å². The van der Waals surface area contributed by atoms with E-state index in [0.29, 0.717) is 18.4 Å². The summed E-state index contributed by atoms with van der Waals surface area (Å²) in [6.07, 6.45) is 1.57. The van der Waals surface area contributed by atoms with Crippen LogP contribution in [0.5, 0.6) is 0 Å². The number of hydrogen-bond donors (Lipinski definition) is 1.